The van der Waals surface area contributed by atoms with Crippen molar-refractivity contribution in [3.05, 3.63) is 50.1 Å². The molecule has 0 atom stereocenters. The summed E-state index contributed by atoms with van der Waals surface area (Å²) >= 11 is 5.20. The average Bonchev–Trinajstić information content (AvgIpc) is 2.94. The van der Waals surface area contributed by atoms with Gasteiger partial charge in [0.2, 0.25) is 0 Å². The maximum Gasteiger partial charge on any atom is 0.336 e. The Labute approximate surface area is 133 Å². The van der Waals surface area contributed by atoms with Crippen molar-refractivity contribution >= 4 is 44.1 Å². The molecule has 1 N–H and O–H groups in total. The summed E-state index contributed by atoms with van der Waals surface area (Å²) in [7, 11) is 0. The van der Waals surface area contributed by atoms with Gasteiger partial charge in [0.1, 0.15) is 0 Å². The maximum atomic E-state index is 11.8. The number of rotatable bonds is 1. The standard InChI is InChI=1S/C16H10BrNO2S/c17-11-3-1-2-9-13(16(19)20)10-4-5-12-8(6-7-21-12)14(10)18-15(9)11/h1-3,6-7H,4-5H2,(H,19,20). The number of aromatic nitrogens is 1. The lowest BCUT2D eigenvalue weighted by molar-refractivity contribution is 0.0698. The van der Waals surface area contributed by atoms with E-state index in [0.717, 1.165) is 34.1 Å². The van der Waals surface area contributed by atoms with E-state index in [1.165, 1.54) is 4.88 Å². The number of fused-ring (bicyclic) bond motifs is 4. The van der Waals surface area contributed by atoms with E-state index in [4.69, 9.17) is 4.98 Å². The van der Waals surface area contributed by atoms with E-state index in [1.807, 2.05) is 29.6 Å². The van der Waals surface area contributed by atoms with Crippen LogP contribution in [-0.4, -0.2) is 16.1 Å². The zero-order valence-corrected chi connectivity index (χ0v) is 13.3. The van der Waals surface area contributed by atoms with Crippen molar-refractivity contribution in [3.8, 4) is 11.3 Å². The summed E-state index contributed by atoms with van der Waals surface area (Å²) in [6, 6.07) is 7.62. The molecule has 2 aromatic heterocycles. The molecule has 0 saturated carbocycles. The van der Waals surface area contributed by atoms with Gasteiger partial charge < -0.3 is 5.11 Å². The zero-order valence-electron chi connectivity index (χ0n) is 10.9. The Kier molecular flexibility index (Phi) is 2.87. The second-order valence-electron chi connectivity index (χ2n) is 5.01. The first-order valence-corrected chi connectivity index (χ1v) is 8.25. The molecule has 4 rings (SSSR count). The summed E-state index contributed by atoms with van der Waals surface area (Å²) in [6.07, 6.45) is 1.63. The number of carboxylic acid groups (broad SMARTS) is 1. The van der Waals surface area contributed by atoms with Crippen LogP contribution >= 0.6 is 27.3 Å². The number of thiophene rings is 1. The summed E-state index contributed by atoms with van der Waals surface area (Å²) < 4.78 is 0.827. The monoisotopic (exact) mass is 359 g/mol. The fraction of sp³-hybridized carbons (Fsp3) is 0.125. The molecule has 0 saturated heterocycles. The van der Waals surface area contributed by atoms with Gasteiger partial charge in [-0.1, -0.05) is 12.1 Å². The number of halogens is 1. The molecule has 0 radical (unpaired) electrons. The summed E-state index contributed by atoms with van der Waals surface area (Å²) in [5.41, 5.74) is 3.88. The second-order valence-corrected chi connectivity index (χ2v) is 6.87. The van der Waals surface area contributed by atoms with Crippen LogP contribution in [0.5, 0.6) is 0 Å². The summed E-state index contributed by atoms with van der Waals surface area (Å²) in [4.78, 5) is 17.9. The van der Waals surface area contributed by atoms with E-state index in [0.29, 0.717) is 16.5 Å². The summed E-state index contributed by atoms with van der Waals surface area (Å²) in [6.45, 7) is 0. The summed E-state index contributed by atoms with van der Waals surface area (Å²) in [5, 5.41) is 12.4. The highest BCUT2D eigenvalue weighted by Gasteiger charge is 2.26. The predicted molar refractivity (Wildman–Crippen MR) is 87.1 cm³/mol. The Morgan fingerprint density at radius 3 is 2.95 bits per heavy atom. The van der Waals surface area contributed by atoms with Crippen LogP contribution in [0, 0.1) is 0 Å². The first-order valence-electron chi connectivity index (χ1n) is 6.58. The van der Waals surface area contributed by atoms with E-state index in [2.05, 4.69) is 15.9 Å². The zero-order chi connectivity index (χ0) is 14.6. The highest BCUT2D eigenvalue weighted by molar-refractivity contribution is 9.10. The van der Waals surface area contributed by atoms with E-state index in [9.17, 15) is 9.90 Å². The minimum atomic E-state index is -0.879. The molecule has 104 valence electrons. The molecule has 21 heavy (non-hydrogen) atoms. The number of pyridine rings is 1. The van der Waals surface area contributed by atoms with E-state index < -0.39 is 5.97 Å². The highest BCUT2D eigenvalue weighted by Crippen LogP contribution is 2.40. The van der Waals surface area contributed by atoms with Gasteiger partial charge in [-0.2, -0.15) is 0 Å². The maximum absolute atomic E-state index is 11.8. The first kappa shape index (κ1) is 13.0. The van der Waals surface area contributed by atoms with Crippen LogP contribution in [0.25, 0.3) is 22.2 Å². The Hall–Kier alpha value is -1.72. The van der Waals surface area contributed by atoms with Crippen molar-refractivity contribution in [3.63, 3.8) is 0 Å². The van der Waals surface area contributed by atoms with Crippen LogP contribution in [0.3, 0.4) is 0 Å². The SMILES string of the molecule is O=C(O)c1c2c(nc3c(Br)cccc13)-c1ccsc1CC2. The predicted octanol–water partition coefficient (Wildman–Crippen LogP) is 4.52. The molecule has 0 unspecified atom stereocenters. The third-order valence-corrected chi connectivity index (χ3v) is 5.50. The molecule has 1 aliphatic rings. The van der Waals surface area contributed by atoms with E-state index in [1.54, 1.807) is 11.3 Å². The van der Waals surface area contributed by atoms with Crippen LogP contribution in [0.2, 0.25) is 0 Å². The number of para-hydroxylation sites is 1. The van der Waals surface area contributed by atoms with Gasteiger partial charge in [-0.3, -0.25) is 0 Å². The van der Waals surface area contributed by atoms with Gasteiger partial charge in [0, 0.05) is 20.3 Å². The smallest absolute Gasteiger partial charge is 0.336 e. The normalized spacial score (nSPS) is 13.0. The molecule has 1 aromatic carbocycles. The Bertz CT molecular complexity index is 901. The topological polar surface area (TPSA) is 50.2 Å². The molecule has 0 fully saturated rings. The van der Waals surface area contributed by atoms with E-state index in [-0.39, 0.29) is 0 Å². The number of aryl methyl sites for hydroxylation is 1. The van der Waals surface area contributed by atoms with Crippen molar-refractivity contribution in [1.82, 2.24) is 4.98 Å². The van der Waals surface area contributed by atoms with Crippen LogP contribution in [0.4, 0.5) is 0 Å². The molecule has 0 bridgehead atoms. The summed E-state index contributed by atoms with van der Waals surface area (Å²) in [5.74, 6) is -0.879. The highest BCUT2D eigenvalue weighted by atomic mass is 79.9. The van der Waals surface area contributed by atoms with Crippen molar-refractivity contribution in [2.75, 3.05) is 0 Å². The molecule has 3 nitrogen and oxygen atoms in total. The number of aromatic carboxylic acids is 1. The largest absolute Gasteiger partial charge is 0.478 e. The van der Waals surface area contributed by atoms with Crippen molar-refractivity contribution in [2.24, 2.45) is 0 Å². The molecular formula is C16H10BrNO2S. The minimum absolute atomic E-state index is 0.396. The van der Waals surface area contributed by atoms with Gasteiger partial charge in [0.15, 0.2) is 0 Å². The van der Waals surface area contributed by atoms with Crippen molar-refractivity contribution in [1.29, 1.82) is 0 Å². The lowest BCUT2D eigenvalue weighted by Gasteiger charge is -2.19. The quantitative estimate of drug-likeness (QED) is 0.694. The molecule has 0 amide bonds. The van der Waals surface area contributed by atoms with Gasteiger partial charge in [-0.05, 0) is 51.8 Å². The fourth-order valence-corrected chi connectivity index (χ4v) is 4.32. The van der Waals surface area contributed by atoms with Gasteiger partial charge >= 0.3 is 5.97 Å². The molecule has 1 aliphatic carbocycles. The number of nitrogens with zero attached hydrogens (tertiary/aromatic N) is 1. The molecule has 0 spiro atoms. The third kappa shape index (κ3) is 1.84. The number of hydrogen-bond donors (Lipinski definition) is 1. The van der Waals surface area contributed by atoms with Crippen LogP contribution in [-0.2, 0) is 12.8 Å². The fourth-order valence-electron chi connectivity index (χ4n) is 2.99. The molecule has 2 heterocycles. The van der Waals surface area contributed by atoms with Crippen LogP contribution in [0.1, 0.15) is 20.8 Å². The minimum Gasteiger partial charge on any atom is -0.478 e. The number of carbonyl (C=O) groups is 1. The second kappa shape index (κ2) is 4.64. The average molecular weight is 360 g/mol. The van der Waals surface area contributed by atoms with Gasteiger partial charge in [0.25, 0.3) is 0 Å². The van der Waals surface area contributed by atoms with Crippen LogP contribution < -0.4 is 0 Å². The third-order valence-electron chi connectivity index (χ3n) is 3.88. The van der Waals surface area contributed by atoms with E-state index >= 15 is 0 Å². The Morgan fingerprint density at radius 1 is 1.29 bits per heavy atom. The van der Waals surface area contributed by atoms with Crippen molar-refractivity contribution in [2.45, 2.75) is 12.8 Å². The first-order chi connectivity index (χ1) is 10.2. The number of hydrogen-bond acceptors (Lipinski definition) is 3. The molecular weight excluding hydrogens is 350 g/mol. The lowest BCUT2D eigenvalue weighted by atomic mass is 9.89. The lowest BCUT2D eigenvalue weighted by Crippen LogP contribution is -2.12. The van der Waals surface area contributed by atoms with Crippen molar-refractivity contribution < 1.29 is 9.90 Å². The van der Waals surface area contributed by atoms with Crippen LogP contribution in [0.15, 0.2) is 34.1 Å². The molecule has 0 aliphatic heterocycles. The number of carboxylic acids is 1. The number of benzene rings is 1. The van der Waals surface area contributed by atoms with Gasteiger partial charge in [0.05, 0.1) is 16.8 Å². The Morgan fingerprint density at radius 2 is 2.14 bits per heavy atom. The van der Waals surface area contributed by atoms with Gasteiger partial charge in [-0.25, -0.2) is 9.78 Å². The van der Waals surface area contributed by atoms with Gasteiger partial charge in [-0.15, -0.1) is 11.3 Å². The molecule has 5 heteroatoms. The molecule has 3 aromatic rings. The Balaban J connectivity index is 2.19.